The second-order valence-electron chi connectivity index (χ2n) is 7.58. The number of piperazine rings is 1. The van der Waals surface area contributed by atoms with E-state index in [1.807, 2.05) is 18.2 Å². The third kappa shape index (κ3) is 4.48. The van der Waals surface area contributed by atoms with Crippen molar-refractivity contribution in [1.29, 1.82) is 0 Å². The van der Waals surface area contributed by atoms with Crippen LogP contribution in [0.2, 0.25) is 5.02 Å². The van der Waals surface area contributed by atoms with Gasteiger partial charge in [-0.3, -0.25) is 0 Å². The molecule has 0 atom stereocenters. The monoisotopic (exact) mass is 489 g/mol. The van der Waals surface area contributed by atoms with Crippen LogP contribution in [0.25, 0.3) is 26.7 Å². The molecule has 1 aromatic carbocycles. The maximum atomic E-state index is 13.5. The van der Waals surface area contributed by atoms with Gasteiger partial charge in [-0.2, -0.15) is 18.3 Å². The number of hydrogen-bond acceptors (Lipinski definition) is 5. The van der Waals surface area contributed by atoms with Crippen LogP contribution in [0.1, 0.15) is 5.69 Å². The highest BCUT2D eigenvalue weighted by molar-refractivity contribution is 7.18. The smallest absolute Gasteiger partial charge is 0.354 e. The Balaban J connectivity index is 1.49. The molecule has 1 aliphatic rings. The van der Waals surface area contributed by atoms with Gasteiger partial charge in [0.05, 0.1) is 21.3 Å². The first-order valence-corrected chi connectivity index (χ1v) is 11.5. The van der Waals surface area contributed by atoms with Crippen LogP contribution in [0, 0.1) is 0 Å². The number of nitrogens with zero attached hydrogens (tertiary/aromatic N) is 4. The summed E-state index contributed by atoms with van der Waals surface area (Å²) in [6.07, 6.45) is -2.76. The normalized spacial score (nSPS) is 14.6. The molecule has 5 rings (SSSR count). The second kappa shape index (κ2) is 8.81. The highest BCUT2D eigenvalue weighted by Crippen LogP contribution is 2.39. The minimum absolute atomic E-state index is 0.319. The Kier molecular flexibility index (Phi) is 5.86. The first-order valence-electron chi connectivity index (χ1n) is 10.3. The molecule has 10 heteroatoms. The molecule has 1 fully saturated rings. The number of anilines is 1. The molecule has 0 radical (unpaired) electrons. The van der Waals surface area contributed by atoms with Crippen molar-refractivity contribution in [3.05, 3.63) is 71.5 Å². The zero-order chi connectivity index (χ0) is 23.0. The number of rotatable bonds is 4. The van der Waals surface area contributed by atoms with E-state index in [1.165, 1.54) is 16.0 Å². The Labute approximate surface area is 197 Å². The topological polar surface area (TPSA) is 46.0 Å². The van der Waals surface area contributed by atoms with Gasteiger partial charge in [-0.15, -0.1) is 11.3 Å². The number of nitrogens with one attached hydrogen (secondary N) is 1. The summed E-state index contributed by atoms with van der Waals surface area (Å²) in [7, 11) is 0. The molecule has 1 saturated heterocycles. The van der Waals surface area contributed by atoms with Crippen molar-refractivity contribution < 1.29 is 13.2 Å². The van der Waals surface area contributed by atoms with Crippen LogP contribution in [-0.4, -0.2) is 40.9 Å². The molecular weight excluding hydrogens is 471 g/mol. The maximum Gasteiger partial charge on any atom is 0.435 e. The van der Waals surface area contributed by atoms with Crippen molar-refractivity contribution in [2.24, 2.45) is 0 Å². The lowest BCUT2D eigenvalue weighted by molar-refractivity contribution is -0.141. The summed E-state index contributed by atoms with van der Waals surface area (Å²) in [4.78, 5) is 8.38. The number of alkyl halides is 3. The number of hydrogen-bond donors (Lipinski definition) is 1. The number of para-hydroxylation sites is 1. The average Bonchev–Trinajstić information content (AvgIpc) is 3.48. The molecule has 5 nitrogen and oxygen atoms in total. The third-order valence-electron chi connectivity index (χ3n) is 5.41. The van der Waals surface area contributed by atoms with Crippen molar-refractivity contribution in [2.45, 2.75) is 6.18 Å². The lowest BCUT2D eigenvalue weighted by Crippen LogP contribution is -2.43. The van der Waals surface area contributed by atoms with Crippen LogP contribution >= 0.6 is 22.9 Å². The zero-order valence-electron chi connectivity index (χ0n) is 17.3. The summed E-state index contributed by atoms with van der Waals surface area (Å²) < 4.78 is 41.6. The predicted molar refractivity (Wildman–Crippen MR) is 125 cm³/mol. The van der Waals surface area contributed by atoms with E-state index >= 15 is 0 Å². The summed E-state index contributed by atoms with van der Waals surface area (Å²) in [5.41, 5.74) is 0.665. The molecule has 33 heavy (non-hydrogen) atoms. The van der Waals surface area contributed by atoms with Gasteiger partial charge in [0.25, 0.3) is 0 Å². The summed E-state index contributed by atoms with van der Waals surface area (Å²) in [6, 6.07) is 15.4. The lowest BCUT2D eigenvalue weighted by Gasteiger charge is -2.28. The largest absolute Gasteiger partial charge is 0.435 e. The summed E-state index contributed by atoms with van der Waals surface area (Å²) >= 11 is 7.65. The lowest BCUT2D eigenvalue weighted by atomic mass is 10.2. The maximum absolute atomic E-state index is 13.5. The minimum atomic E-state index is -4.56. The van der Waals surface area contributed by atoms with Crippen LogP contribution < -0.4 is 10.2 Å². The average molecular weight is 490 g/mol. The molecule has 4 heterocycles. The molecule has 0 unspecified atom stereocenters. The number of benzene rings is 1. The predicted octanol–water partition coefficient (Wildman–Crippen LogP) is 5.74. The molecule has 0 bridgehead atoms. The van der Waals surface area contributed by atoms with Crippen molar-refractivity contribution in [3.63, 3.8) is 0 Å². The molecule has 3 aromatic heterocycles. The number of halogens is 4. The van der Waals surface area contributed by atoms with Gasteiger partial charge in [0.15, 0.2) is 5.69 Å². The first kappa shape index (κ1) is 21.9. The Morgan fingerprint density at radius 3 is 2.42 bits per heavy atom. The second-order valence-corrected chi connectivity index (χ2v) is 9.07. The fourth-order valence-electron chi connectivity index (χ4n) is 3.75. The van der Waals surface area contributed by atoms with Gasteiger partial charge < -0.3 is 10.2 Å². The highest BCUT2D eigenvalue weighted by Gasteiger charge is 2.35. The van der Waals surface area contributed by atoms with Crippen LogP contribution in [0.15, 0.2) is 60.8 Å². The van der Waals surface area contributed by atoms with Gasteiger partial charge in [-0.25, -0.2) is 9.67 Å². The molecule has 0 amide bonds. The van der Waals surface area contributed by atoms with Gasteiger partial charge >= 0.3 is 6.18 Å². The minimum Gasteiger partial charge on any atom is -0.354 e. The molecule has 4 aromatic rings. The molecule has 0 aliphatic carbocycles. The van der Waals surface area contributed by atoms with Gasteiger partial charge in [0.2, 0.25) is 0 Å². The van der Waals surface area contributed by atoms with E-state index in [0.717, 1.165) is 48.5 Å². The van der Waals surface area contributed by atoms with Crippen LogP contribution in [0.4, 0.5) is 19.0 Å². The van der Waals surface area contributed by atoms with E-state index in [9.17, 15) is 13.2 Å². The molecule has 1 N–H and O–H groups in total. The number of aromatic nitrogens is 3. The standard InChI is InChI=1S/C23H19ClF3N5S/c24-16-3-1-2-4-17(16)32-18(13-21(30-32)23(25,26)27)20-7-6-19(33-20)15-5-8-22(29-14-15)31-11-9-28-10-12-31/h1-8,13-14,28H,9-12H2. The zero-order valence-corrected chi connectivity index (χ0v) is 18.9. The third-order valence-corrected chi connectivity index (χ3v) is 6.89. The quantitative estimate of drug-likeness (QED) is 0.397. The van der Waals surface area contributed by atoms with E-state index in [2.05, 4.69) is 20.3 Å². The van der Waals surface area contributed by atoms with Crippen LogP contribution in [-0.2, 0) is 6.18 Å². The SMILES string of the molecule is FC(F)(F)c1cc(-c2ccc(-c3ccc(N4CCNCC4)nc3)s2)n(-c2ccccc2Cl)n1. The first-order chi connectivity index (χ1) is 15.9. The fraction of sp³-hybridized carbons (Fsp3) is 0.217. The molecular formula is C23H19ClF3N5S. The van der Waals surface area contributed by atoms with E-state index in [0.29, 0.717) is 21.3 Å². The van der Waals surface area contributed by atoms with E-state index in [-0.39, 0.29) is 0 Å². The Morgan fingerprint density at radius 1 is 0.970 bits per heavy atom. The number of thiophene rings is 1. The van der Waals surface area contributed by atoms with Crippen LogP contribution in [0.5, 0.6) is 0 Å². The van der Waals surface area contributed by atoms with Gasteiger partial charge in [-0.05, 0) is 42.5 Å². The molecule has 0 saturated carbocycles. The van der Waals surface area contributed by atoms with Gasteiger partial charge in [0.1, 0.15) is 5.82 Å². The van der Waals surface area contributed by atoms with Crippen molar-refractivity contribution >= 4 is 28.8 Å². The van der Waals surface area contributed by atoms with Crippen molar-refractivity contribution in [1.82, 2.24) is 20.1 Å². The number of pyridine rings is 1. The summed E-state index contributed by atoms with van der Waals surface area (Å²) in [5, 5.41) is 7.46. The fourth-order valence-corrected chi connectivity index (χ4v) is 4.96. The molecule has 1 aliphatic heterocycles. The van der Waals surface area contributed by atoms with E-state index in [1.54, 1.807) is 36.5 Å². The van der Waals surface area contributed by atoms with Gasteiger partial charge in [-0.1, -0.05) is 23.7 Å². The highest BCUT2D eigenvalue weighted by atomic mass is 35.5. The summed E-state index contributed by atoms with van der Waals surface area (Å²) in [5.74, 6) is 0.920. The Bertz CT molecular complexity index is 1260. The molecule has 170 valence electrons. The van der Waals surface area contributed by atoms with E-state index in [4.69, 9.17) is 11.6 Å². The van der Waals surface area contributed by atoms with Gasteiger partial charge in [0, 0.05) is 42.8 Å². The van der Waals surface area contributed by atoms with Crippen molar-refractivity contribution in [2.75, 3.05) is 31.1 Å². The van der Waals surface area contributed by atoms with Crippen LogP contribution in [0.3, 0.4) is 0 Å². The Morgan fingerprint density at radius 2 is 1.73 bits per heavy atom. The molecule has 0 spiro atoms. The van der Waals surface area contributed by atoms with Crippen molar-refractivity contribution in [3.8, 4) is 26.7 Å². The van der Waals surface area contributed by atoms with E-state index < -0.39 is 11.9 Å². The Hall–Kier alpha value is -2.88. The summed E-state index contributed by atoms with van der Waals surface area (Å²) in [6.45, 7) is 3.67.